The van der Waals surface area contributed by atoms with E-state index in [4.69, 9.17) is 4.74 Å². The molecule has 2 aromatic heterocycles. The molecule has 29 heavy (non-hydrogen) atoms. The van der Waals surface area contributed by atoms with Gasteiger partial charge in [-0.1, -0.05) is 6.07 Å². The number of carbonyl (C=O) groups excluding carboxylic acids is 2. The maximum atomic E-state index is 12.5. The van der Waals surface area contributed by atoms with Crippen LogP contribution >= 0.6 is 0 Å². The van der Waals surface area contributed by atoms with Crippen molar-refractivity contribution in [1.29, 1.82) is 0 Å². The van der Waals surface area contributed by atoms with Crippen LogP contribution in [0.3, 0.4) is 0 Å². The summed E-state index contributed by atoms with van der Waals surface area (Å²) in [6.45, 7) is 2.19. The van der Waals surface area contributed by atoms with Crippen LogP contribution in [0.2, 0.25) is 0 Å². The minimum absolute atomic E-state index is 0.0518. The molecule has 0 aliphatic carbocycles. The Bertz CT molecular complexity index is 1050. The molecule has 10 heteroatoms. The van der Waals surface area contributed by atoms with Gasteiger partial charge in [-0.05, 0) is 24.6 Å². The Morgan fingerprint density at radius 3 is 2.72 bits per heavy atom. The van der Waals surface area contributed by atoms with Gasteiger partial charge in [0, 0.05) is 42.4 Å². The molecule has 3 aromatic rings. The number of nitro groups is 1. The monoisotopic (exact) mass is 395 g/mol. The van der Waals surface area contributed by atoms with Crippen LogP contribution in [0, 0.1) is 10.1 Å². The zero-order valence-electron chi connectivity index (χ0n) is 15.4. The maximum absolute atomic E-state index is 12.5. The van der Waals surface area contributed by atoms with Crippen molar-refractivity contribution in [2.45, 2.75) is 13.5 Å². The Morgan fingerprint density at radius 2 is 2.03 bits per heavy atom. The summed E-state index contributed by atoms with van der Waals surface area (Å²) in [5.41, 5.74) is 0.423. The van der Waals surface area contributed by atoms with Gasteiger partial charge in [0.2, 0.25) is 0 Å². The van der Waals surface area contributed by atoms with Gasteiger partial charge in [0.05, 0.1) is 23.6 Å². The predicted molar refractivity (Wildman–Crippen MR) is 103 cm³/mol. The third kappa shape index (κ3) is 5.01. The van der Waals surface area contributed by atoms with E-state index < -0.39 is 16.8 Å². The number of ether oxygens (including phenoxy) is 1. The number of non-ortho nitro benzene ring substituents is 1. The van der Waals surface area contributed by atoms with E-state index in [9.17, 15) is 19.7 Å². The fourth-order valence-corrected chi connectivity index (χ4v) is 2.56. The number of esters is 1. The number of pyridine rings is 1. The lowest BCUT2D eigenvalue weighted by Crippen LogP contribution is -2.15. The average Bonchev–Trinajstić information content (AvgIpc) is 3.15. The summed E-state index contributed by atoms with van der Waals surface area (Å²) in [7, 11) is 0. The average molecular weight is 395 g/mol. The van der Waals surface area contributed by atoms with Crippen molar-refractivity contribution in [3.8, 4) is 0 Å². The Kier molecular flexibility index (Phi) is 5.93. The molecule has 1 aromatic carbocycles. The lowest BCUT2D eigenvalue weighted by Gasteiger charge is -2.06. The van der Waals surface area contributed by atoms with E-state index in [-0.39, 0.29) is 29.2 Å². The molecular weight excluding hydrogens is 378 g/mol. The summed E-state index contributed by atoms with van der Waals surface area (Å²) in [6.07, 6.45) is 5.06. The highest BCUT2D eigenvalue weighted by atomic mass is 16.6. The van der Waals surface area contributed by atoms with Gasteiger partial charge < -0.3 is 10.1 Å². The van der Waals surface area contributed by atoms with Crippen molar-refractivity contribution in [3.05, 3.63) is 81.8 Å². The SMILES string of the molecule is CCOC(=O)c1cc(C(=O)Nc2ccn(Cc3cccnc3)n2)cc([N+](=O)[O-])c1. The quantitative estimate of drug-likeness (QED) is 0.370. The lowest BCUT2D eigenvalue weighted by molar-refractivity contribution is -0.384. The molecule has 0 saturated heterocycles. The number of nitrogens with one attached hydrogen (secondary N) is 1. The van der Waals surface area contributed by atoms with Crippen LogP contribution in [-0.4, -0.2) is 38.2 Å². The molecule has 0 aliphatic heterocycles. The molecule has 148 valence electrons. The van der Waals surface area contributed by atoms with Crippen LogP contribution < -0.4 is 5.32 Å². The van der Waals surface area contributed by atoms with Crippen molar-refractivity contribution >= 4 is 23.4 Å². The minimum Gasteiger partial charge on any atom is -0.462 e. The first-order chi connectivity index (χ1) is 14.0. The fraction of sp³-hybridized carbons (Fsp3) is 0.158. The molecule has 0 saturated carbocycles. The van der Waals surface area contributed by atoms with Gasteiger partial charge >= 0.3 is 5.97 Å². The molecule has 0 unspecified atom stereocenters. The van der Waals surface area contributed by atoms with Gasteiger partial charge in [0.25, 0.3) is 11.6 Å². The zero-order valence-corrected chi connectivity index (χ0v) is 15.4. The first-order valence-corrected chi connectivity index (χ1v) is 8.66. The summed E-state index contributed by atoms with van der Waals surface area (Å²) in [5, 5.41) is 18.0. The van der Waals surface area contributed by atoms with Crippen LogP contribution in [0.4, 0.5) is 11.5 Å². The van der Waals surface area contributed by atoms with E-state index in [1.54, 1.807) is 36.3 Å². The number of carbonyl (C=O) groups is 2. The molecule has 2 heterocycles. The normalized spacial score (nSPS) is 10.4. The third-order valence-corrected chi connectivity index (χ3v) is 3.85. The summed E-state index contributed by atoms with van der Waals surface area (Å²) < 4.78 is 6.48. The largest absolute Gasteiger partial charge is 0.462 e. The van der Waals surface area contributed by atoms with Crippen molar-refractivity contribution in [2.24, 2.45) is 0 Å². The second-order valence-corrected chi connectivity index (χ2v) is 5.96. The number of nitro benzene ring substituents is 1. The number of aromatic nitrogens is 3. The summed E-state index contributed by atoms with van der Waals surface area (Å²) in [6, 6.07) is 8.70. The summed E-state index contributed by atoms with van der Waals surface area (Å²) in [5.74, 6) is -1.11. The Labute approximate surface area is 165 Å². The summed E-state index contributed by atoms with van der Waals surface area (Å²) >= 11 is 0. The number of benzene rings is 1. The van der Waals surface area contributed by atoms with E-state index >= 15 is 0 Å². The van der Waals surface area contributed by atoms with Crippen molar-refractivity contribution in [2.75, 3.05) is 11.9 Å². The second-order valence-electron chi connectivity index (χ2n) is 5.96. The molecule has 0 spiro atoms. The van der Waals surface area contributed by atoms with Crippen LogP contribution in [0.5, 0.6) is 0 Å². The van der Waals surface area contributed by atoms with Gasteiger partial charge in [0.15, 0.2) is 5.82 Å². The number of amides is 1. The first-order valence-electron chi connectivity index (χ1n) is 8.66. The maximum Gasteiger partial charge on any atom is 0.338 e. The number of nitrogens with zero attached hydrogens (tertiary/aromatic N) is 4. The van der Waals surface area contributed by atoms with E-state index in [0.717, 1.165) is 17.7 Å². The second kappa shape index (κ2) is 8.74. The number of anilines is 1. The lowest BCUT2D eigenvalue weighted by atomic mass is 10.1. The number of hydrogen-bond acceptors (Lipinski definition) is 7. The molecule has 1 N–H and O–H groups in total. The zero-order chi connectivity index (χ0) is 20.8. The van der Waals surface area contributed by atoms with Crippen molar-refractivity contribution in [1.82, 2.24) is 14.8 Å². The van der Waals surface area contributed by atoms with Gasteiger partial charge in [0.1, 0.15) is 0 Å². The van der Waals surface area contributed by atoms with E-state index in [1.165, 1.54) is 6.07 Å². The Balaban J connectivity index is 1.78. The van der Waals surface area contributed by atoms with Crippen molar-refractivity contribution in [3.63, 3.8) is 0 Å². The highest BCUT2D eigenvalue weighted by molar-refractivity contribution is 6.05. The van der Waals surface area contributed by atoms with Crippen LogP contribution in [-0.2, 0) is 11.3 Å². The number of rotatable bonds is 7. The minimum atomic E-state index is -0.744. The smallest absolute Gasteiger partial charge is 0.338 e. The molecule has 10 nitrogen and oxygen atoms in total. The molecule has 0 aliphatic rings. The molecular formula is C19H17N5O5. The molecule has 1 amide bonds. The fourth-order valence-electron chi connectivity index (χ4n) is 2.56. The van der Waals surface area contributed by atoms with Gasteiger partial charge in [-0.2, -0.15) is 5.10 Å². The highest BCUT2D eigenvalue weighted by Gasteiger charge is 2.19. The Hall–Kier alpha value is -4.08. The topological polar surface area (TPSA) is 129 Å². The van der Waals surface area contributed by atoms with Crippen LogP contribution in [0.1, 0.15) is 33.2 Å². The van der Waals surface area contributed by atoms with Crippen LogP contribution in [0.25, 0.3) is 0 Å². The molecule has 0 bridgehead atoms. The first kappa shape index (κ1) is 19.7. The van der Waals surface area contributed by atoms with E-state index in [0.29, 0.717) is 6.54 Å². The number of hydrogen-bond donors (Lipinski definition) is 1. The van der Waals surface area contributed by atoms with E-state index in [1.807, 2.05) is 12.1 Å². The van der Waals surface area contributed by atoms with Gasteiger partial charge in [-0.3, -0.25) is 24.6 Å². The summed E-state index contributed by atoms with van der Waals surface area (Å²) in [4.78, 5) is 39.0. The van der Waals surface area contributed by atoms with Crippen molar-refractivity contribution < 1.29 is 19.2 Å². The van der Waals surface area contributed by atoms with E-state index in [2.05, 4.69) is 15.4 Å². The van der Waals surface area contributed by atoms with Crippen LogP contribution in [0.15, 0.2) is 55.0 Å². The molecule has 0 fully saturated rings. The molecule has 0 radical (unpaired) electrons. The standard InChI is InChI=1S/C19H17N5O5/c1-2-29-19(26)15-8-14(9-16(10-15)24(27)28)18(25)21-17-5-7-23(22-17)12-13-4-3-6-20-11-13/h3-11H,2,12H2,1H3,(H,21,22,25). The molecule has 0 atom stereocenters. The van der Waals surface area contributed by atoms with Gasteiger partial charge in [-0.15, -0.1) is 0 Å². The highest BCUT2D eigenvalue weighted by Crippen LogP contribution is 2.19. The van der Waals surface area contributed by atoms with Gasteiger partial charge in [-0.25, -0.2) is 4.79 Å². The Morgan fingerprint density at radius 1 is 1.24 bits per heavy atom. The molecule has 3 rings (SSSR count). The predicted octanol–water partition coefficient (Wildman–Crippen LogP) is 2.66. The third-order valence-electron chi connectivity index (χ3n) is 3.85.